The van der Waals surface area contributed by atoms with Crippen LogP contribution in [0.2, 0.25) is 0 Å². The van der Waals surface area contributed by atoms with E-state index >= 15 is 0 Å². The summed E-state index contributed by atoms with van der Waals surface area (Å²) in [6, 6.07) is 0. The zero-order valence-electron chi connectivity index (χ0n) is 19.7. The third-order valence-electron chi connectivity index (χ3n) is 10.2. The van der Waals surface area contributed by atoms with Gasteiger partial charge in [0.25, 0.3) is 0 Å². The molecular formula is C27H44O3. The smallest absolute Gasteiger partial charge is 0.0751 e. The van der Waals surface area contributed by atoms with Crippen molar-refractivity contribution in [3.63, 3.8) is 0 Å². The Morgan fingerprint density at radius 1 is 1.03 bits per heavy atom. The minimum absolute atomic E-state index is 0.178. The van der Waals surface area contributed by atoms with E-state index in [0.29, 0.717) is 41.4 Å². The molecule has 4 rings (SSSR count). The van der Waals surface area contributed by atoms with E-state index in [2.05, 4.69) is 46.8 Å². The molecule has 0 aliphatic heterocycles. The van der Waals surface area contributed by atoms with Gasteiger partial charge < -0.3 is 15.3 Å². The normalized spacial score (nSPS) is 47.3. The number of hydrogen-bond acceptors (Lipinski definition) is 3. The number of rotatable bonds is 5. The second kappa shape index (κ2) is 8.05. The summed E-state index contributed by atoms with van der Waals surface area (Å²) in [5.74, 6) is 3.43. The maximum absolute atomic E-state index is 11.0. The summed E-state index contributed by atoms with van der Waals surface area (Å²) >= 11 is 0. The van der Waals surface area contributed by atoms with Gasteiger partial charge in [-0.05, 0) is 85.0 Å². The van der Waals surface area contributed by atoms with Gasteiger partial charge in [0.2, 0.25) is 0 Å². The molecule has 0 bridgehead atoms. The minimum Gasteiger partial charge on any atom is -0.393 e. The van der Waals surface area contributed by atoms with Crippen molar-refractivity contribution in [1.29, 1.82) is 0 Å². The highest BCUT2D eigenvalue weighted by atomic mass is 16.3. The van der Waals surface area contributed by atoms with E-state index in [-0.39, 0.29) is 11.5 Å². The summed E-state index contributed by atoms with van der Waals surface area (Å²) in [7, 11) is 0. The number of aliphatic hydroxyl groups is 3. The Morgan fingerprint density at radius 2 is 1.77 bits per heavy atom. The highest BCUT2D eigenvalue weighted by Crippen LogP contribution is 2.66. The number of allylic oxidation sites excluding steroid dienone is 2. The fraction of sp³-hybridized carbons (Fsp3) is 0.852. The Labute approximate surface area is 183 Å². The molecule has 0 aromatic carbocycles. The molecule has 0 spiro atoms. The predicted octanol–water partition coefficient (Wildman–Crippen LogP) is 5.11. The molecule has 4 aliphatic carbocycles. The molecule has 10 atom stereocenters. The molecule has 2 saturated carbocycles. The van der Waals surface area contributed by atoms with E-state index in [9.17, 15) is 15.3 Å². The van der Waals surface area contributed by atoms with Crippen LogP contribution in [0.15, 0.2) is 23.8 Å². The van der Waals surface area contributed by atoms with Crippen LogP contribution in [0, 0.1) is 46.3 Å². The molecule has 3 nitrogen and oxygen atoms in total. The molecule has 2 fully saturated rings. The topological polar surface area (TPSA) is 60.7 Å². The van der Waals surface area contributed by atoms with Crippen LogP contribution in [0.5, 0.6) is 0 Å². The van der Waals surface area contributed by atoms with Crippen LogP contribution in [0.1, 0.15) is 79.6 Å². The first kappa shape index (κ1) is 22.6. The monoisotopic (exact) mass is 416 g/mol. The van der Waals surface area contributed by atoms with Gasteiger partial charge in [0.15, 0.2) is 0 Å². The molecule has 0 amide bonds. The van der Waals surface area contributed by atoms with Crippen LogP contribution in [-0.2, 0) is 0 Å². The first-order chi connectivity index (χ1) is 14.1. The van der Waals surface area contributed by atoms with E-state index in [1.54, 1.807) is 0 Å². The Balaban J connectivity index is 1.54. The average molecular weight is 417 g/mol. The van der Waals surface area contributed by atoms with Gasteiger partial charge in [-0.2, -0.15) is 0 Å². The third-order valence-corrected chi connectivity index (χ3v) is 10.2. The van der Waals surface area contributed by atoms with E-state index in [1.165, 1.54) is 25.7 Å². The van der Waals surface area contributed by atoms with Crippen molar-refractivity contribution in [2.24, 2.45) is 46.3 Å². The molecule has 0 aromatic heterocycles. The molecule has 3 heteroatoms. The molecule has 0 unspecified atom stereocenters. The first-order valence-corrected chi connectivity index (χ1v) is 12.5. The minimum atomic E-state index is -0.518. The number of hydrogen-bond donors (Lipinski definition) is 3. The molecule has 3 N–H and O–H groups in total. The van der Waals surface area contributed by atoms with Gasteiger partial charge >= 0.3 is 0 Å². The summed E-state index contributed by atoms with van der Waals surface area (Å²) in [5, 5.41) is 31.5. The fourth-order valence-electron chi connectivity index (χ4n) is 8.14. The van der Waals surface area contributed by atoms with Gasteiger partial charge in [-0.3, -0.25) is 0 Å². The molecular weight excluding hydrogens is 372 g/mol. The van der Waals surface area contributed by atoms with Gasteiger partial charge in [0, 0.05) is 11.8 Å². The zero-order chi connectivity index (χ0) is 21.8. The predicted molar refractivity (Wildman–Crippen MR) is 122 cm³/mol. The Morgan fingerprint density at radius 3 is 2.47 bits per heavy atom. The SMILES string of the molecule is CC(C)[C@H](O)CC[C@@H](C)[C@H]1CC[C@H]2[C@@H]3C=CC4=C[C@@H](O)C[C@H](O)[C@]4(C)[C@H]3CC[C@]12C. The first-order valence-electron chi connectivity index (χ1n) is 12.5. The van der Waals surface area contributed by atoms with Crippen molar-refractivity contribution < 1.29 is 15.3 Å². The highest BCUT2D eigenvalue weighted by molar-refractivity contribution is 5.38. The van der Waals surface area contributed by atoms with Crippen LogP contribution in [0.25, 0.3) is 0 Å². The number of aliphatic hydroxyl groups excluding tert-OH is 3. The lowest BCUT2D eigenvalue weighted by Gasteiger charge is -2.58. The summed E-state index contributed by atoms with van der Waals surface area (Å²) < 4.78 is 0. The van der Waals surface area contributed by atoms with Crippen molar-refractivity contribution in [1.82, 2.24) is 0 Å². The Bertz CT molecular complexity index is 696. The van der Waals surface area contributed by atoms with Gasteiger partial charge in [-0.1, -0.05) is 52.8 Å². The molecule has 0 heterocycles. The second-order valence-corrected chi connectivity index (χ2v) is 12.0. The van der Waals surface area contributed by atoms with Crippen LogP contribution in [0.4, 0.5) is 0 Å². The van der Waals surface area contributed by atoms with E-state index in [0.717, 1.165) is 24.3 Å². The maximum Gasteiger partial charge on any atom is 0.0751 e. The lowest BCUT2D eigenvalue weighted by molar-refractivity contribution is -0.0808. The summed E-state index contributed by atoms with van der Waals surface area (Å²) in [6.07, 6.45) is 13.0. The van der Waals surface area contributed by atoms with Gasteiger partial charge in [-0.25, -0.2) is 0 Å². The highest BCUT2D eigenvalue weighted by Gasteiger charge is 2.60. The van der Waals surface area contributed by atoms with Crippen LogP contribution in [-0.4, -0.2) is 33.6 Å². The molecule has 0 radical (unpaired) electrons. The van der Waals surface area contributed by atoms with Crippen molar-refractivity contribution in [2.75, 3.05) is 0 Å². The lowest BCUT2D eigenvalue weighted by Crippen LogP contribution is -2.54. The second-order valence-electron chi connectivity index (χ2n) is 12.0. The van der Waals surface area contributed by atoms with E-state index in [4.69, 9.17) is 0 Å². The maximum atomic E-state index is 11.0. The van der Waals surface area contributed by atoms with Gasteiger partial charge in [-0.15, -0.1) is 0 Å². The fourth-order valence-corrected chi connectivity index (χ4v) is 8.14. The van der Waals surface area contributed by atoms with Crippen molar-refractivity contribution >= 4 is 0 Å². The summed E-state index contributed by atoms with van der Waals surface area (Å²) in [6.45, 7) is 11.4. The summed E-state index contributed by atoms with van der Waals surface area (Å²) in [5.41, 5.74) is 1.30. The largest absolute Gasteiger partial charge is 0.393 e. The third kappa shape index (κ3) is 3.44. The van der Waals surface area contributed by atoms with Crippen molar-refractivity contribution in [3.8, 4) is 0 Å². The van der Waals surface area contributed by atoms with Gasteiger partial charge in [0.1, 0.15) is 0 Å². The molecule has 0 saturated heterocycles. The Kier molecular flexibility index (Phi) is 6.05. The standard InChI is InChI=1S/C27H44O3/c1-16(2)24(29)11-6-17(3)21-9-10-22-20-8-7-18-14-19(28)15-25(30)27(18,5)23(20)12-13-26(21,22)4/h7-8,14,16-17,19-25,28-30H,6,9-13,15H2,1-5H3/t17-,19-,20+,21-,22+,23+,24-,25+,26-,27+/m1/s1. The molecule has 0 aromatic rings. The van der Waals surface area contributed by atoms with E-state index in [1.807, 2.05) is 6.08 Å². The molecule has 30 heavy (non-hydrogen) atoms. The molecule has 4 aliphatic rings. The van der Waals surface area contributed by atoms with Crippen LogP contribution >= 0.6 is 0 Å². The Hall–Kier alpha value is -0.640. The zero-order valence-corrected chi connectivity index (χ0v) is 19.7. The quantitative estimate of drug-likeness (QED) is 0.584. The van der Waals surface area contributed by atoms with Crippen molar-refractivity contribution in [2.45, 2.75) is 97.9 Å². The summed E-state index contributed by atoms with van der Waals surface area (Å²) in [4.78, 5) is 0. The van der Waals surface area contributed by atoms with Crippen LogP contribution in [0.3, 0.4) is 0 Å². The van der Waals surface area contributed by atoms with E-state index < -0.39 is 12.2 Å². The molecule has 170 valence electrons. The lowest BCUT2D eigenvalue weighted by atomic mass is 9.47. The average Bonchev–Trinajstić information content (AvgIpc) is 3.04. The van der Waals surface area contributed by atoms with Gasteiger partial charge in [0.05, 0.1) is 18.3 Å². The number of fused-ring (bicyclic) bond motifs is 5. The van der Waals surface area contributed by atoms with Crippen LogP contribution < -0.4 is 0 Å². The van der Waals surface area contributed by atoms with Crippen molar-refractivity contribution in [3.05, 3.63) is 23.8 Å².